The molecule has 0 aromatic carbocycles. The second kappa shape index (κ2) is 7.48. The van der Waals surface area contributed by atoms with Crippen LogP contribution in [0, 0.1) is 0 Å². The standard InChI is InChI=1S/C19H21N5O3S/c25-19(16-12-5-2-1-3-6-13(12)21-22-16)24-8-9-26-11-14(24)18-20-17(23-27-18)15-7-4-10-28-15/h4,7,10,14H,1-3,5-6,8-9,11H2,(H,21,22). The smallest absolute Gasteiger partial charge is 0.275 e. The molecule has 28 heavy (non-hydrogen) atoms. The third-order valence-corrected chi connectivity index (χ3v) is 6.23. The molecular weight excluding hydrogens is 378 g/mol. The largest absolute Gasteiger partial charge is 0.377 e. The molecule has 1 saturated heterocycles. The number of ether oxygens (including phenoxy) is 1. The predicted octanol–water partition coefficient (Wildman–Crippen LogP) is 3.00. The lowest BCUT2D eigenvalue weighted by molar-refractivity contribution is -0.0122. The van der Waals surface area contributed by atoms with Crippen molar-refractivity contribution in [3.63, 3.8) is 0 Å². The number of fused-ring (bicyclic) bond motifs is 1. The summed E-state index contributed by atoms with van der Waals surface area (Å²) in [5.74, 6) is 0.846. The van der Waals surface area contributed by atoms with E-state index in [1.54, 1.807) is 16.2 Å². The lowest BCUT2D eigenvalue weighted by atomic mass is 10.1. The van der Waals surface area contributed by atoms with Crippen molar-refractivity contribution in [3.8, 4) is 10.7 Å². The second-order valence-electron chi connectivity index (χ2n) is 7.11. The van der Waals surface area contributed by atoms with Crippen LogP contribution in [0.25, 0.3) is 10.7 Å². The van der Waals surface area contributed by atoms with Crippen molar-refractivity contribution < 1.29 is 14.1 Å². The van der Waals surface area contributed by atoms with Gasteiger partial charge in [0.1, 0.15) is 6.04 Å². The van der Waals surface area contributed by atoms with E-state index in [-0.39, 0.29) is 5.91 Å². The number of morpholine rings is 1. The van der Waals surface area contributed by atoms with Gasteiger partial charge in [-0.3, -0.25) is 9.89 Å². The molecule has 0 bridgehead atoms. The number of aromatic amines is 1. The number of thiophene rings is 1. The van der Waals surface area contributed by atoms with E-state index in [2.05, 4.69) is 20.3 Å². The lowest BCUT2D eigenvalue weighted by Crippen LogP contribution is -2.44. The number of hydrogen-bond acceptors (Lipinski definition) is 7. The van der Waals surface area contributed by atoms with Crippen molar-refractivity contribution >= 4 is 17.2 Å². The summed E-state index contributed by atoms with van der Waals surface area (Å²) >= 11 is 1.55. The SMILES string of the molecule is O=C(c1n[nH]c2c1CCCCC2)N1CCOCC1c1nc(-c2cccs2)no1. The number of carbonyl (C=O) groups is 1. The predicted molar refractivity (Wildman–Crippen MR) is 102 cm³/mol. The first kappa shape index (κ1) is 17.6. The van der Waals surface area contributed by atoms with Crippen LogP contribution in [-0.4, -0.2) is 50.9 Å². The highest BCUT2D eigenvalue weighted by Gasteiger charge is 2.36. The number of hydrogen-bond donors (Lipinski definition) is 1. The fourth-order valence-electron chi connectivity index (χ4n) is 3.90. The van der Waals surface area contributed by atoms with Crippen LogP contribution < -0.4 is 0 Å². The van der Waals surface area contributed by atoms with Crippen LogP contribution in [0.4, 0.5) is 0 Å². The van der Waals surface area contributed by atoms with Crippen molar-refractivity contribution in [2.45, 2.75) is 38.1 Å². The minimum atomic E-state index is -0.402. The van der Waals surface area contributed by atoms with Crippen LogP contribution in [0.5, 0.6) is 0 Å². The Balaban J connectivity index is 1.43. The van der Waals surface area contributed by atoms with E-state index in [0.29, 0.717) is 37.2 Å². The molecule has 8 nitrogen and oxygen atoms in total. The number of rotatable bonds is 3. The van der Waals surface area contributed by atoms with Gasteiger partial charge >= 0.3 is 0 Å². The van der Waals surface area contributed by atoms with E-state index in [1.165, 1.54) is 6.42 Å². The first-order valence-corrected chi connectivity index (χ1v) is 10.5. The van der Waals surface area contributed by atoms with Gasteiger partial charge in [-0.1, -0.05) is 17.6 Å². The fraction of sp³-hybridized carbons (Fsp3) is 0.474. The maximum Gasteiger partial charge on any atom is 0.275 e. The molecule has 0 radical (unpaired) electrons. The Labute approximate surface area is 165 Å². The van der Waals surface area contributed by atoms with Gasteiger partial charge in [0, 0.05) is 17.8 Å². The molecule has 1 aliphatic heterocycles. The normalized spacial score (nSPS) is 20.0. The van der Waals surface area contributed by atoms with Crippen LogP contribution >= 0.6 is 11.3 Å². The fourth-order valence-corrected chi connectivity index (χ4v) is 4.55. The highest BCUT2D eigenvalue weighted by atomic mass is 32.1. The summed E-state index contributed by atoms with van der Waals surface area (Å²) in [7, 11) is 0. The number of nitrogens with zero attached hydrogens (tertiary/aromatic N) is 4. The summed E-state index contributed by atoms with van der Waals surface area (Å²) in [5, 5.41) is 13.5. The van der Waals surface area contributed by atoms with Gasteiger partial charge in [-0.2, -0.15) is 10.1 Å². The van der Waals surface area contributed by atoms with Crippen molar-refractivity contribution in [1.82, 2.24) is 25.2 Å². The Morgan fingerprint density at radius 2 is 2.21 bits per heavy atom. The van der Waals surface area contributed by atoms with E-state index >= 15 is 0 Å². The molecule has 3 aromatic rings. The van der Waals surface area contributed by atoms with Gasteiger partial charge in [0.05, 0.1) is 18.1 Å². The Morgan fingerprint density at radius 3 is 3.11 bits per heavy atom. The van der Waals surface area contributed by atoms with Gasteiger partial charge in [0.2, 0.25) is 5.82 Å². The van der Waals surface area contributed by atoms with Crippen molar-refractivity contribution in [3.05, 3.63) is 40.4 Å². The number of aromatic nitrogens is 4. The van der Waals surface area contributed by atoms with Gasteiger partial charge in [-0.15, -0.1) is 11.3 Å². The quantitative estimate of drug-likeness (QED) is 0.680. The van der Waals surface area contributed by atoms with Gasteiger partial charge in [0.15, 0.2) is 5.69 Å². The maximum atomic E-state index is 13.4. The molecule has 0 saturated carbocycles. The highest BCUT2D eigenvalue weighted by Crippen LogP contribution is 2.30. The van der Waals surface area contributed by atoms with Crippen LogP contribution in [0.15, 0.2) is 22.0 Å². The third kappa shape index (κ3) is 3.14. The van der Waals surface area contributed by atoms with Crippen molar-refractivity contribution in [2.75, 3.05) is 19.8 Å². The lowest BCUT2D eigenvalue weighted by Gasteiger charge is -2.33. The second-order valence-corrected chi connectivity index (χ2v) is 8.06. The van der Waals surface area contributed by atoms with Crippen LogP contribution in [-0.2, 0) is 17.6 Å². The van der Waals surface area contributed by atoms with Gasteiger partial charge < -0.3 is 14.2 Å². The monoisotopic (exact) mass is 399 g/mol. The summed E-state index contributed by atoms with van der Waals surface area (Å²) in [6, 6.07) is 3.48. The molecule has 1 aliphatic carbocycles. The van der Waals surface area contributed by atoms with Gasteiger partial charge in [-0.05, 0) is 37.1 Å². The van der Waals surface area contributed by atoms with Crippen LogP contribution in [0.3, 0.4) is 0 Å². The molecule has 1 fully saturated rings. The molecule has 1 atom stereocenters. The van der Waals surface area contributed by atoms with Gasteiger partial charge in [0.25, 0.3) is 11.8 Å². The van der Waals surface area contributed by atoms with E-state index < -0.39 is 6.04 Å². The first-order valence-electron chi connectivity index (χ1n) is 9.63. The summed E-state index contributed by atoms with van der Waals surface area (Å²) in [5.41, 5.74) is 2.70. The molecule has 146 valence electrons. The van der Waals surface area contributed by atoms with E-state index in [9.17, 15) is 4.79 Å². The topological polar surface area (TPSA) is 97.1 Å². The molecule has 1 N–H and O–H groups in total. The maximum absolute atomic E-state index is 13.4. The summed E-state index contributed by atoms with van der Waals surface area (Å²) in [4.78, 5) is 20.6. The molecule has 0 spiro atoms. The van der Waals surface area contributed by atoms with E-state index in [1.807, 2.05) is 17.5 Å². The zero-order valence-corrected chi connectivity index (χ0v) is 16.2. The highest BCUT2D eigenvalue weighted by molar-refractivity contribution is 7.13. The number of carbonyl (C=O) groups excluding carboxylic acids is 1. The molecule has 1 unspecified atom stereocenters. The number of H-pyrrole nitrogens is 1. The van der Waals surface area contributed by atoms with Crippen LogP contribution in [0.1, 0.15) is 52.9 Å². The molecule has 9 heteroatoms. The first-order chi connectivity index (χ1) is 13.8. The zero-order chi connectivity index (χ0) is 18.9. The van der Waals surface area contributed by atoms with Gasteiger partial charge in [-0.25, -0.2) is 0 Å². The third-order valence-electron chi connectivity index (χ3n) is 5.37. The summed E-state index contributed by atoms with van der Waals surface area (Å²) < 4.78 is 11.1. The number of aryl methyl sites for hydroxylation is 1. The molecule has 3 aromatic heterocycles. The Morgan fingerprint density at radius 1 is 1.29 bits per heavy atom. The molecule has 2 aliphatic rings. The molecule has 5 rings (SSSR count). The van der Waals surface area contributed by atoms with Crippen LogP contribution in [0.2, 0.25) is 0 Å². The van der Waals surface area contributed by atoms with Crippen molar-refractivity contribution in [2.24, 2.45) is 0 Å². The average molecular weight is 399 g/mol. The number of nitrogens with one attached hydrogen (secondary N) is 1. The minimum Gasteiger partial charge on any atom is -0.377 e. The van der Waals surface area contributed by atoms with E-state index in [0.717, 1.165) is 41.8 Å². The summed E-state index contributed by atoms with van der Waals surface area (Å²) in [6.07, 6.45) is 5.26. The average Bonchev–Trinajstić information content (AvgIpc) is 3.46. The van der Waals surface area contributed by atoms with E-state index in [4.69, 9.17) is 9.26 Å². The minimum absolute atomic E-state index is 0.0939. The zero-order valence-electron chi connectivity index (χ0n) is 15.4. The Hall–Kier alpha value is -2.52. The Bertz CT molecular complexity index is 964. The molecule has 1 amide bonds. The Kier molecular flexibility index (Phi) is 4.69. The number of amides is 1. The summed E-state index contributed by atoms with van der Waals surface area (Å²) in [6.45, 7) is 1.30. The molecular formula is C19H21N5O3S. The van der Waals surface area contributed by atoms with Crippen molar-refractivity contribution in [1.29, 1.82) is 0 Å². The molecule has 4 heterocycles.